The van der Waals surface area contributed by atoms with E-state index in [0.29, 0.717) is 36.0 Å². The van der Waals surface area contributed by atoms with Crippen LogP contribution in [0.25, 0.3) is 10.4 Å². The molecular formula is C22H20Cl2KN3O3S2. The number of thiophene rings is 2. The number of carbonyl (C=O) groups excluding carboxylic acids is 2. The average Bonchev–Trinajstić information content (AvgIpc) is 3.54. The van der Waals surface area contributed by atoms with Crippen molar-refractivity contribution in [2.24, 2.45) is 5.10 Å². The number of amides is 2. The molecule has 2 aromatic heterocycles. The topological polar surface area (TPSA) is 82.0 Å². The van der Waals surface area contributed by atoms with Gasteiger partial charge in [0.25, 0.3) is 11.8 Å². The van der Waals surface area contributed by atoms with E-state index in [0.717, 1.165) is 42.8 Å². The Morgan fingerprint density at radius 2 is 1.82 bits per heavy atom. The van der Waals surface area contributed by atoms with E-state index >= 15 is 0 Å². The fourth-order valence-corrected chi connectivity index (χ4v) is 5.52. The SMILES string of the molecule is CC(=NNC(=O)c1ccc(C(=O)N2CCCC2)s1)c1csc(-c2ccc(Cl)c(Cl)c2)c1O.[H-].[K+]. The van der Waals surface area contributed by atoms with E-state index in [1.807, 2.05) is 0 Å². The molecule has 3 aromatic rings. The molecule has 2 amide bonds. The molecule has 1 aliphatic rings. The number of benzene rings is 1. The van der Waals surface area contributed by atoms with Crippen LogP contribution in [-0.4, -0.2) is 40.6 Å². The van der Waals surface area contributed by atoms with Gasteiger partial charge >= 0.3 is 51.4 Å². The minimum atomic E-state index is -0.408. The van der Waals surface area contributed by atoms with Crippen LogP contribution in [-0.2, 0) is 0 Å². The van der Waals surface area contributed by atoms with Crippen LogP contribution < -0.4 is 56.8 Å². The van der Waals surface area contributed by atoms with Gasteiger partial charge in [0.15, 0.2) is 0 Å². The molecule has 1 aromatic carbocycles. The molecule has 0 saturated carbocycles. The first-order valence-corrected chi connectivity index (χ1v) is 12.3. The Hall–Kier alpha value is -0.754. The van der Waals surface area contributed by atoms with Crippen molar-refractivity contribution in [1.29, 1.82) is 0 Å². The Labute approximate surface area is 253 Å². The summed E-state index contributed by atoms with van der Waals surface area (Å²) in [5, 5.41) is 17.4. The number of rotatable bonds is 5. The zero-order valence-electron chi connectivity index (χ0n) is 19.0. The van der Waals surface area contributed by atoms with Crippen molar-refractivity contribution in [2.45, 2.75) is 19.8 Å². The Morgan fingerprint density at radius 1 is 1.12 bits per heavy atom. The van der Waals surface area contributed by atoms with Gasteiger partial charge in [0, 0.05) is 18.5 Å². The molecule has 0 radical (unpaired) electrons. The Morgan fingerprint density at radius 3 is 2.52 bits per heavy atom. The molecular weight excluding hydrogens is 528 g/mol. The van der Waals surface area contributed by atoms with Crippen molar-refractivity contribution in [1.82, 2.24) is 10.3 Å². The zero-order chi connectivity index (χ0) is 22.8. The van der Waals surface area contributed by atoms with Crippen LogP contribution in [0.5, 0.6) is 5.75 Å². The smallest absolute Gasteiger partial charge is 1.00 e. The number of carbonyl (C=O) groups is 2. The predicted molar refractivity (Wildman–Crippen MR) is 132 cm³/mol. The largest absolute Gasteiger partial charge is 1.00 e. The molecule has 4 rings (SSSR count). The first-order valence-electron chi connectivity index (χ1n) is 9.85. The number of hydrazone groups is 1. The molecule has 0 atom stereocenters. The fraction of sp³-hybridized carbons (Fsp3) is 0.227. The van der Waals surface area contributed by atoms with E-state index in [-0.39, 0.29) is 64.5 Å². The Kier molecular flexibility index (Phi) is 9.59. The predicted octanol–water partition coefficient (Wildman–Crippen LogP) is 3.00. The number of nitrogens with one attached hydrogen (secondary N) is 1. The van der Waals surface area contributed by atoms with Gasteiger partial charge in [-0.2, -0.15) is 5.10 Å². The maximum atomic E-state index is 12.5. The average molecular weight is 549 g/mol. The summed E-state index contributed by atoms with van der Waals surface area (Å²) in [6, 6.07) is 8.42. The van der Waals surface area contributed by atoms with Crippen molar-refractivity contribution < 1.29 is 67.5 Å². The first-order chi connectivity index (χ1) is 15.3. The van der Waals surface area contributed by atoms with Gasteiger partial charge in [-0.3, -0.25) is 9.59 Å². The van der Waals surface area contributed by atoms with E-state index in [4.69, 9.17) is 23.2 Å². The molecule has 1 aliphatic heterocycles. The second-order valence-corrected chi connectivity index (χ2v) is 10.0. The van der Waals surface area contributed by atoms with E-state index in [9.17, 15) is 14.7 Å². The minimum absolute atomic E-state index is 0. The molecule has 1 saturated heterocycles. The molecule has 0 unspecified atom stereocenters. The molecule has 11 heteroatoms. The van der Waals surface area contributed by atoms with Gasteiger partial charge in [-0.05, 0) is 49.6 Å². The monoisotopic (exact) mass is 547 g/mol. The van der Waals surface area contributed by atoms with Crippen LogP contribution in [0, 0.1) is 0 Å². The van der Waals surface area contributed by atoms with Gasteiger partial charge in [-0.15, -0.1) is 22.7 Å². The van der Waals surface area contributed by atoms with Crippen LogP contribution in [0.3, 0.4) is 0 Å². The quantitative estimate of drug-likeness (QED) is 0.292. The number of aromatic hydroxyl groups is 1. The van der Waals surface area contributed by atoms with Gasteiger partial charge in [-0.1, -0.05) is 29.3 Å². The Bertz CT molecular complexity index is 1230. The van der Waals surface area contributed by atoms with Crippen molar-refractivity contribution in [3.05, 3.63) is 61.1 Å². The summed E-state index contributed by atoms with van der Waals surface area (Å²) < 4.78 is 0. The normalized spacial score (nSPS) is 13.7. The van der Waals surface area contributed by atoms with E-state index in [1.165, 1.54) is 11.3 Å². The van der Waals surface area contributed by atoms with Crippen LogP contribution >= 0.6 is 45.9 Å². The van der Waals surface area contributed by atoms with Crippen LogP contribution in [0.15, 0.2) is 40.8 Å². The van der Waals surface area contributed by atoms with Crippen molar-refractivity contribution in [2.75, 3.05) is 13.1 Å². The van der Waals surface area contributed by atoms with Gasteiger partial charge in [0.2, 0.25) is 0 Å². The van der Waals surface area contributed by atoms with E-state index < -0.39 is 5.91 Å². The number of nitrogens with zero attached hydrogens (tertiary/aromatic N) is 2. The molecule has 168 valence electrons. The van der Waals surface area contributed by atoms with Gasteiger partial charge in [-0.25, -0.2) is 5.43 Å². The maximum absolute atomic E-state index is 12.5. The Balaban J connectivity index is 0.00000204. The summed E-state index contributed by atoms with van der Waals surface area (Å²) in [5.74, 6) is -0.392. The minimum Gasteiger partial charge on any atom is -1.00 e. The second-order valence-electron chi connectivity index (χ2n) is 7.26. The molecule has 1 fully saturated rings. The molecule has 0 bridgehead atoms. The van der Waals surface area contributed by atoms with Crippen LogP contribution in [0.1, 0.15) is 46.1 Å². The van der Waals surface area contributed by atoms with Crippen LogP contribution in [0.2, 0.25) is 10.0 Å². The molecule has 3 heterocycles. The summed E-state index contributed by atoms with van der Waals surface area (Å²) in [5.41, 5.74) is 4.19. The number of hydrogen-bond acceptors (Lipinski definition) is 6. The van der Waals surface area contributed by atoms with Crippen molar-refractivity contribution >= 4 is 63.4 Å². The number of likely N-dealkylation sites (tertiary alicyclic amines) is 1. The zero-order valence-corrected chi connectivity index (χ0v) is 24.3. The number of hydrogen-bond donors (Lipinski definition) is 2. The van der Waals surface area contributed by atoms with E-state index in [1.54, 1.807) is 47.5 Å². The second kappa shape index (κ2) is 11.8. The van der Waals surface area contributed by atoms with Crippen LogP contribution in [0.4, 0.5) is 0 Å². The summed E-state index contributed by atoms with van der Waals surface area (Å²) in [7, 11) is 0. The maximum Gasteiger partial charge on any atom is 1.00 e. The summed E-state index contributed by atoms with van der Waals surface area (Å²) >= 11 is 14.5. The third kappa shape index (κ3) is 6.09. The molecule has 0 spiro atoms. The van der Waals surface area contributed by atoms with E-state index in [2.05, 4.69) is 10.5 Å². The third-order valence-corrected chi connectivity index (χ3v) is 7.92. The molecule has 33 heavy (non-hydrogen) atoms. The molecule has 2 N–H and O–H groups in total. The van der Waals surface area contributed by atoms with Crippen molar-refractivity contribution in [3.63, 3.8) is 0 Å². The fourth-order valence-electron chi connectivity index (χ4n) is 3.35. The van der Waals surface area contributed by atoms with Gasteiger partial charge < -0.3 is 11.4 Å². The van der Waals surface area contributed by atoms with Crippen molar-refractivity contribution in [3.8, 4) is 16.2 Å². The number of halogens is 2. The molecule has 0 aliphatic carbocycles. The van der Waals surface area contributed by atoms with Gasteiger partial charge in [0.1, 0.15) is 5.75 Å². The first kappa shape index (κ1) is 26.8. The third-order valence-electron chi connectivity index (χ3n) is 5.10. The summed E-state index contributed by atoms with van der Waals surface area (Å²) in [4.78, 5) is 28.3. The van der Waals surface area contributed by atoms with Gasteiger partial charge in [0.05, 0.1) is 36.0 Å². The molecule has 6 nitrogen and oxygen atoms in total. The standard InChI is InChI=1S/C22H19Cl2N3O3S2.K.H/c1-12(14-11-31-20(19(14)28)13-4-5-15(23)16(24)10-13)25-26-21(29)17-6-7-18(32-17)22(30)27-8-2-3-9-27;;/h4-7,10-11,28H,2-3,8-9H2,1H3,(H,26,29);;/q;+1;-1. The summed E-state index contributed by atoms with van der Waals surface area (Å²) in [6.07, 6.45) is 2.03. The summed E-state index contributed by atoms with van der Waals surface area (Å²) in [6.45, 7) is 3.21.